The summed E-state index contributed by atoms with van der Waals surface area (Å²) in [4.78, 5) is 0. The van der Waals surface area contributed by atoms with Crippen LogP contribution in [0.25, 0.3) is 0 Å². The molecule has 2 aliphatic rings. The van der Waals surface area contributed by atoms with E-state index in [-0.39, 0.29) is 0 Å². The lowest BCUT2D eigenvalue weighted by Crippen LogP contribution is -1.89. The van der Waals surface area contributed by atoms with Gasteiger partial charge >= 0.3 is 0 Å². The Hall–Kier alpha value is 0. The lowest BCUT2D eigenvalue weighted by atomic mass is 10.0. The molecule has 0 heteroatoms. The highest BCUT2D eigenvalue weighted by Crippen LogP contribution is 2.46. The van der Waals surface area contributed by atoms with Gasteiger partial charge in [-0.3, -0.25) is 0 Å². The summed E-state index contributed by atoms with van der Waals surface area (Å²) in [5, 5.41) is 0. The Labute approximate surface area is 51.3 Å². The third kappa shape index (κ3) is 0.765. The molecule has 2 rings (SSSR count). The van der Waals surface area contributed by atoms with Crippen molar-refractivity contribution in [2.24, 2.45) is 5.92 Å². The highest BCUT2D eigenvalue weighted by atomic mass is 14.4. The minimum Gasteiger partial charge on any atom is -0.0527 e. The van der Waals surface area contributed by atoms with Gasteiger partial charge in [-0.25, -0.2) is 0 Å². The predicted molar refractivity (Wildman–Crippen MR) is 34.4 cm³/mol. The standard InChI is InChI=1S/C8H13/c1-2-4-7(3-1)8-5-6-8/h8H,1-6H2. The van der Waals surface area contributed by atoms with Crippen LogP contribution in [0.4, 0.5) is 0 Å². The number of hydrogen-bond donors (Lipinski definition) is 0. The number of rotatable bonds is 1. The van der Waals surface area contributed by atoms with Crippen molar-refractivity contribution in [1.82, 2.24) is 0 Å². The Morgan fingerprint density at radius 2 is 1.62 bits per heavy atom. The SMILES string of the molecule is C1CC[C](C2CC2)C1. The van der Waals surface area contributed by atoms with Crippen LogP contribution < -0.4 is 0 Å². The first-order chi connectivity index (χ1) is 3.97. The van der Waals surface area contributed by atoms with Gasteiger partial charge in [0.15, 0.2) is 0 Å². The quantitative estimate of drug-likeness (QED) is 0.485. The van der Waals surface area contributed by atoms with Crippen LogP contribution in [-0.4, -0.2) is 0 Å². The van der Waals surface area contributed by atoms with Gasteiger partial charge in [0.2, 0.25) is 0 Å². The monoisotopic (exact) mass is 109 g/mol. The topological polar surface area (TPSA) is 0 Å². The van der Waals surface area contributed by atoms with Gasteiger partial charge in [-0.2, -0.15) is 0 Å². The lowest BCUT2D eigenvalue weighted by Gasteiger charge is -2.01. The van der Waals surface area contributed by atoms with Gasteiger partial charge in [0.25, 0.3) is 0 Å². The highest BCUT2D eigenvalue weighted by molar-refractivity contribution is 5.05. The van der Waals surface area contributed by atoms with Crippen LogP contribution in [0.1, 0.15) is 38.5 Å². The molecule has 0 N–H and O–H groups in total. The summed E-state index contributed by atoms with van der Waals surface area (Å²) in [5.74, 6) is 3.02. The Morgan fingerprint density at radius 3 is 2.12 bits per heavy atom. The number of hydrogen-bond acceptors (Lipinski definition) is 0. The molecule has 0 heterocycles. The van der Waals surface area contributed by atoms with Gasteiger partial charge in [-0.05, 0) is 37.5 Å². The second-order valence-electron chi connectivity index (χ2n) is 3.14. The summed E-state index contributed by atoms with van der Waals surface area (Å²) >= 11 is 0. The fraction of sp³-hybridized carbons (Fsp3) is 0.875. The summed E-state index contributed by atoms with van der Waals surface area (Å²) < 4.78 is 0. The van der Waals surface area contributed by atoms with Crippen LogP contribution in [0.5, 0.6) is 0 Å². The first-order valence-corrected chi connectivity index (χ1v) is 3.81. The van der Waals surface area contributed by atoms with Gasteiger partial charge in [-0.1, -0.05) is 12.8 Å². The summed E-state index contributed by atoms with van der Waals surface area (Å²) in [6.07, 6.45) is 8.98. The Morgan fingerprint density at radius 1 is 1.00 bits per heavy atom. The van der Waals surface area contributed by atoms with Gasteiger partial charge in [0.05, 0.1) is 0 Å². The molecule has 0 amide bonds. The zero-order valence-electron chi connectivity index (χ0n) is 5.32. The zero-order valence-corrected chi connectivity index (χ0v) is 5.32. The average molecular weight is 109 g/mol. The summed E-state index contributed by atoms with van der Waals surface area (Å²) in [7, 11) is 0. The van der Waals surface area contributed by atoms with Gasteiger partial charge < -0.3 is 0 Å². The van der Waals surface area contributed by atoms with Crippen molar-refractivity contribution >= 4 is 0 Å². The second-order valence-corrected chi connectivity index (χ2v) is 3.14. The Kier molecular flexibility index (Phi) is 1.06. The molecule has 0 aliphatic heterocycles. The molecule has 0 aromatic rings. The Balaban J connectivity index is 1.86. The first kappa shape index (κ1) is 4.84. The molecule has 1 radical (unpaired) electrons. The zero-order chi connectivity index (χ0) is 5.40. The van der Waals surface area contributed by atoms with E-state index in [1.165, 1.54) is 38.5 Å². The van der Waals surface area contributed by atoms with Crippen LogP contribution in [0.2, 0.25) is 0 Å². The largest absolute Gasteiger partial charge is 0.0527 e. The average Bonchev–Trinajstić information content (AvgIpc) is 2.49. The van der Waals surface area contributed by atoms with E-state index in [0.717, 1.165) is 5.92 Å². The molecule has 0 atom stereocenters. The van der Waals surface area contributed by atoms with Crippen molar-refractivity contribution < 1.29 is 0 Å². The molecular weight excluding hydrogens is 96.1 g/mol. The minimum atomic E-state index is 1.11. The molecule has 0 nitrogen and oxygen atoms in total. The molecule has 2 fully saturated rings. The van der Waals surface area contributed by atoms with Gasteiger partial charge in [0.1, 0.15) is 0 Å². The Bertz CT molecular complexity index is 76.0. The van der Waals surface area contributed by atoms with Crippen molar-refractivity contribution in [2.45, 2.75) is 38.5 Å². The molecule has 0 aromatic heterocycles. The smallest absolute Gasteiger partial charge is 0.0210 e. The summed E-state index contributed by atoms with van der Waals surface area (Å²) in [6, 6.07) is 0. The van der Waals surface area contributed by atoms with E-state index in [0.29, 0.717) is 0 Å². The molecule has 0 saturated heterocycles. The predicted octanol–water partition coefficient (Wildman–Crippen LogP) is 2.54. The van der Waals surface area contributed by atoms with Crippen LogP contribution in [0.3, 0.4) is 0 Å². The molecule has 0 unspecified atom stereocenters. The fourth-order valence-electron chi connectivity index (χ4n) is 1.73. The van der Waals surface area contributed by atoms with Gasteiger partial charge in [0, 0.05) is 0 Å². The minimum absolute atomic E-state index is 1.11. The van der Waals surface area contributed by atoms with E-state index < -0.39 is 0 Å². The van der Waals surface area contributed by atoms with E-state index in [4.69, 9.17) is 0 Å². The summed E-state index contributed by atoms with van der Waals surface area (Å²) in [5.41, 5.74) is 0. The third-order valence-electron chi connectivity index (χ3n) is 2.40. The molecule has 0 aromatic carbocycles. The van der Waals surface area contributed by atoms with E-state index in [1.807, 2.05) is 5.92 Å². The van der Waals surface area contributed by atoms with Crippen molar-refractivity contribution in [2.75, 3.05) is 0 Å². The van der Waals surface area contributed by atoms with E-state index in [1.54, 1.807) is 0 Å². The third-order valence-corrected chi connectivity index (χ3v) is 2.40. The van der Waals surface area contributed by atoms with Crippen molar-refractivity contribution in [3.63, 3.8) is 0 Å². The highest BCUT2D eigenvalue weighted by Gasteiger charge is 2.32. The van der Waals surface area contributed by atoms with Crippen LogP contribution in [0.15, 0.2) is 0 Å². The van der Waals surface area contributed by atoms with Crippen LogP contribution in [0, 0.1) is 11.8 Å². The van der Waals surface area contributed by atoms with Crippen LogP contribution in [-0.2, 0) is 0 Å². The van der Waals surface area contributed by atoms with E-state index in [9.17, 15) is 0 Å². The molecule has 0 spiro atoms. The molecule has 45 valence electrons. The fourth-order valence-corrected chi connectivity index (χ4v) is 1.73. The van der Waals surface area contributed by atoms with E-state index in [2.05, 4.69) is 0 Å². The normalized spacial score (nSPS) is 31.5. The van der Waals surface area contributed by atoms with Crippen molar-refractivity contribution in [1.29, 1.82) is 0 Å². The maximum Gasteiger partial charge on any atom is -0.0210 e. The lowest BCUT2D eigenvalue weighted by molar-refractivity contribution is 0.753. The maximum atomic E-state index is 1.91. The molecule has 2 aliphatic carbocycles. The maximum absolute atomic E-state index is 1.91. The summed E-state index contributed by atoms with van der Waals surface area (Å²) in [6.45, 7) is 0. The van der Waals surface area contributed by atoms with Gasteiger partial charge in [-0.15, -0.1) is 0 Å². The molecule has 2 saturated carbocycles. The van der Waals surface area contributed by atoms with Crippen LogP contribution >= 0.6 is 0 Å². The van der Waals surface area contributed by atoms with Crippen molar-refractivity contribution in [3.05, 3.63) is 5.92 Å². The van der Waals surface area contributed by atoms with E-state index >= 15 is 0 Å². The molecule has 0 bridgehead atoms. The second kappa shape index (κ2) is 1.75. The van der Waals surface area contributed by atoms with Crippen molar-refractivity contribution in [3.8, 4) is 0 Å². The molecule has 8 heavy (non-hydrogen) atoms. The first-order valence-electron chi connectivity index (χ1n) is 3.81. The molecular formula is C8H13.